The van der Waals surface area contributed by atoms with Crippen LogP contribution in [0.4, 0.5) is 0 Å². The molecule has 0 aliphatic heterocycles. The van der Waals surface area contributed by atoms with Crippen LogP contribution in [0.5, 0.6) is 0 Å². The molecule has 19 heavy (non-hydrogen) atoms. The Balaban J connectivity index is 1.96. The minimum atomic E-state index is -0.474. The minimum absolute atomic E-state index is 0.107. The van der Waals surface area contributed by atoms with Gasteiger partial charge in [0.1, 0.15) is 0 Å². The summed E-state index contributed by atoms with van der Waals surface area (Å²) in [7, 11) is 0. The lowest BCUT2D eigenvalue weighted by Crippen LogP contribution is -2.32. The van der Waals surface area contributed by atoms with Gasteiger partial charge >= 0.3 is 0 Å². The smallest absolute Gasteiger partial charge is 0.261 e. The highest BCUT2D eigenvalue weighted by molar-refractivity contribution is 7.20. The topological polar surface area (TPSA) is 49.3 Å². The van der Waals surface area contributed by atoms with Crippen LogP contribution in [0.1, 0.15) is 29.9 Å². The molecule has 1 unspecified atom stereocenters. The third-order valence-corrected chi connectivity index (χ3v) is 4.01. The molecule has 0 saturated carbocycles. The second-order valence-corrected chi connectivity index (χ2v) is 6.23. The third-order valence-electron chi connectivity index (χ3n) is 2.89. The predicted octanol–water partition coefficient (Wildman–Crippen LogP) is 3.04. The first kappa shape index (κ1) is 14.0. The molecular weight excluding hydrogens is 258 g/mol. The van der Waals surface area contributed by atoms with Crippen LogP contribution in [0.25, 0.3) is 10.1 Å². The van der Waals surface area contributed by atoms with Crippen molar-refractivity contribution < 1.29 is 9.90 Å². The Morgan fingerprint density at radius 3 is 2.79 bits per heavy atom. The fraction of sp³-hybridized carbons (Fsp3) is 0.400. The molecule has 1 amide bonds. The summed E-state index contributed by atoms with van der Waals surface area (Å²) in [6, 6.07) is 9.82. The lowest BCUT2D eigenvalue weighted by Gasteiger charge is -2.13. The Labute approximate surface area is 117 Å². The summed E-state index contributed by atoms with van der Waals surface area (Å²) in [6.07, 6.45) is 0.227. The molecule has 1 atom stereocenters. The van der Waals surface area contributed by atoms with E-state index in [4.69, 9.17) is 0 Å². The zero-order valence-electron chi connectivity index (χ0n) is 11.2. The van der Waals surface area contributed by atoms with E-state index in [1.165, 1.54) is 11.3 Å². The molecule has 0 spiro atoms. The van der Waals surface area contributed by atoms with Crippen LogP contribution in [0.2, 0.25) is 0 Å². The fourth-order valence-electron chi connectivity index (χ4n) is 2.02. The van der Waals surface area contributed by atoms with Crippen LogP contribution >= 0.6 is 11.3 Å². The highest BCUT2D eigenvalue weighted by Crippen LogP contribution is 2.25. The second-order valence-electron chi connectivity index (χ2n) is 5.14. The van der Waals surface area contributed by atoms with Gasteiger partial charge in [0.25, 0.3) is 5.91 Å². The van der Waals surface area contributed by atoms with Crippen molar-refractivity contribution >= 4 is 27.3 Å². The van der Waals surface area contributed by atoms with Crippen LogP contribution in [0, 0.1) is 5.92 Å². The van der Waals surface area contributed by atoms with Gasteiger partial charge in [0.2, 0.25) is 0 Å². The highest BCUT2D eigenvalue weighted by atomic mass is 32.1. The molecule has 1 aromatic carbocycles. The number of hydrogen-bond acceptors (Lipinski definition) is 3. The van der Waals surface area contributed by atoms with Crippen LogP contribution in [0.3, 0.4) is 0 Å². The fourth-order valence-corrected chi connectivity index (χ4v) is 3.00. The number of fused-ring (bicyclic) bond motifs is 1. The van der Waals surface area contributed by atoms with Gasteiger partial charge in [-0.15, -0.1) is 11.3 Å². The van der Waals surface area contributed by atoms with Crippen molar-refractivity contribution in [3.8, 4) is 0 Å². The van der Waals surface area contributed by atoms with E-state index in [0.717, 1.165) is 10.1 Å². The number of aliphatic hydroxyl groups is 1. The zero-order chi connectivity index (χ0) is 13.8. The maximum Gasteiger partial charge on any atom is 0.261 e. The van der Waals surface area contributed by atoms with E-state index in [0.29, 0.717) is 23.8 Å². The standard InChI is InChI=1S/C15H19NO2S/c1-10(2)7-12(17)9-16-15(18)14-8-11-5-3-4-6-13(11)19-14/h3-6,8,10,12,17H,7,9H2,1-2H3,(H,16,18). The zero-order valence-corrected chi connectivity index (χ0v) is 12.0. The first-order chi connectivity index (χ1) is 9.06. The van der Waals surface area contributed by atoms with Crippen LogP contribution < -0.4 is 5.32 Å². The van der Waals surface area contributed by atoms with Gasteiger partial charge in [-0.05, 0) is 29.9 Å². The first-order valence-electron chi connectivity index (χ1n) is 6.51. The highest BCUT2D eigenvalue weighted by Gasteiger charge is 2.12. The van der Waals surface area contributed by atoms with Crippen molar-refractivity contribution in [3.63, 3.8) is 0 Å². The van der Waals surface area contributed by atoms with Crippen LogP contribution in [-0.4, -0.2) is 23.7 Å². The molecule has 1 aromatic heterocycles. The average Bonchev–Trinajstić information content (AvgIpc) is 2.78. The predicted molar refractivity (Wildman–Crippen MR) is 79.6 cm³/mol. The summed E-state index contributed by atoms with van der Waals surface area (Å²) in [5.41, 5.74) is 0. The quantitative estimate of drug-likeness (QED) is 0.882. The minimum Gasteiger partial charge on any atom is -0.391 e. The van der Waals surface area contributed by atoms with E-state index in [1.54, 1.807) is 0 Å². The van der Waals surface area contributed by atoms with Crippen molar-refractivity contribution in [2.75, 3.05) is 6.54 Å². The van der Waals surface area contributed by atoms with Gasteiger partial charge in [0, 0.05) is 11.2 Å². The van der Waals surface area contributed by atoms with E-state index in [1.807, 2.05) is 30.3 Å². The number of benzene rings is 1. The molecular formula is C15H19NO2S. The summed E-state index contributed by atoms with van der Waals surface area (Å²) in [6.45, 7) is 4.42. The largest absolute Gasteiger partial charge is 0.391 e. The molecule has 4 heteroatoms. The summed E-state index contributed by atoms with van der Waals surface area (Å²) < 4.78 is 1.11. The SMILES string of the molecule is CC(C)CC(O)CNC(=O)c1cc2ccccc2s1. The van der Waals surface area contributed by atoms with Crippen molar-refractivity contribution in [1.82, 2.24) is 5.32 Å². The van der Waals surface area contributed by atoms with Gasteiger partial charge in [-0.3, -0.25) is 4.79 Å². The van der Waals surface area contributed by atoms with Gasteiger partial charge in [-0.1, -0.05) is 32.0 Å². The maximum atomic E-state index is 12.0. The number of aliphatic hydroxyl groups excluding tert-OH is 1. The molecule has 1 heterocycles. The molecule has 0 bridgehead atoms. The van der Waals surface area contributed by atoms with Crippen LogP contribution in [-0.2, 0) is 0 Å². The maximum absolute atomic E-state index is 12.0. The number of rotatable bonds is 5. The normalized spacial score (nSPS) is 12.8. The Kier molecular flexibility index (Phi) is 4.56. The molecule has 0 aliphatic carbocycles. The molecule has 0 saturated heterocycles. The molecule has 2 aromatic rings. The third kappa shape index (κ3) is 3.78. The number of carbonyl (C=O) groups is 1. The summed E-state index contributed by atoms with van der Waals surface area (Å²) >= 11 is 1.48. The number of amides is 1. The van der Waals surface area contributed by atoms with Gasteiger partial charge in [-0.25, -0.2) is 0 Å². The first-order valence-corrected chi connectivity index (χ1v) is 7.32. The average molecular weight is 277 g/mol. The van der Waals surface area contributed by atoms with E-state index in [2.05, 4.69) is 19.2 Å². The Hall–Kier alpha value is -1.39. The summed E-state index contributed by atoms with van der Waals surface area (Å²) in [4.78, 5) is 12.7. The lowest BCUT2D eigenvalue weighted by atomic mass is 10.1. The lowest BCUT2D eigenvalue weighted by molar-refractivity contribution is 0.0904. The van der Waals surface area contributed by atoms with E-state index < -0.39 is 6.10 Å². The van der Waals surface area contributed by atoms with Crippen molar-refractivity contribution in [2.24, 2.45) is 5.92 Å². The Morgan fingerprint density at radius 1 is 1.37 bits per heavy atom. The van der Waals surface area contributed by atoms with E-state index in [-0.39, 0.29) is 5.91 Å². The van der Waals surface area contributed by atoms with Gasteiger partial charge < -0.3 is 10.4 Å². The van der Waals surface area contributed by atoms with Crippen molar-refractivity contribution in [3.05, 3.63) is 35.2 Å². The van der Waals surface area contributed by atoms with Crippen LogP contribution in [0.15, 0.2) is 30.3 Å². The number of hydrogen-bond donors (Lipinski definition) is 2. The molecule has 3 nitrogen and oxygen atoms in total. The second kappa shape index (κ2) is 6.17. The molecule has 0 fully saturated rings. The number of thiophene rings is 1. The molecule has 0 radical (unpaired) electrons. The summed E-state index contributed by atoms with van der Waals surface area (Å²) in [5, 5.41) is 13.6. The number of carbonyl (C=O) groups excluding carboxylic acids is 1. The summed E-state index contributed by atoms with van der Waals surface area (Å²) in [5.74, 6) is 0.320. The van der Waals surface area contributed by atoms with E-state index >= 15 is 0 Å². The van der Waals surface area contributed by atoms with Gasteiger partial charge in [0.05, 0.1) is 11.0 Å². The monoisotopic (exact) mass is 277 g/mol. The number of nitrogens with one attached hydrogen (secondary N) is 1. The van der Waals surface area contributed by atoms with Gasteiger partial charge in [-0.2, -0.15) is 0 Å². The van der Waals surface area contributed by atoms with Crippen molar-refractivity contribution in [1.29, 1.82) is 0 Å². The van der Waals surface area contributed by atoms with E-state index in [9.17, 15) is 9.90 Å². The molecule has 102 valence electrons. The van der Waals surface area contributed by atoms with Gasteiger partial charge in [0.15, 0.2) is 0 Å². The van der Waals surface area contributed by atoms with Crippen molar-refractivity contribution in [2.45, 2.75) is 26.4 Å². The molecule has 0 aliphatic rings. The Morgan fingerprint density at radius 2 is 2.11 bits per heavy atom. The molecule has 2 N–H and O–H groups in total. The molecule has 2 rings (SSSR count). The Bertz CT molecular complexity index is 529.